The van der Waals surface area contributed by atoms with Crippen LogP contribution in [-0.4, -0.2) is 15.7 Å². The van der Waals surface area contributed by atoms with Crippen LogP contribution in [0.3, 0.4) is 0 Å². The number of halogens is 5. The Morgan fingerprint density at radius 2 is 1.64 bits per heavy atom. The lowest BCUT2D eigenvalue weighted by Gasteiger charge is -2.09. The van der Waals surface area contributed by atoms with E-state index in [0.717, 1.165) is 0 Å². The minimum Gasteiger partial charge on any atom is -0.321 e. The zero-order chi connectivity index (χ0) is 16.4. The Balaban J connectivity index is 2.12. The molecule has 1 amide bonds. The molecular formula is C13H10F5N3O. The lowest BCUT2D eigenvalue weighted by molar-refractivity contribution is -0.116. The summed E-state index contributed by atoms with van der Waals surface area (Å²) < 4.78 is 67.0. The summed E-state index contributed by atoms with van der Waals surface area (Å²) in [5.74, 6) is -11.6. The number of hydrogen-bond acceptors (Lipinski definition) is 2. The van der Waals surface area contributed by atoms with E-state index in [1.807, 2.05) is 0 Å². The number of carbonyl (C=O) groups excluding carboxylic acids is 1. The fourth-order valence-corrected chi connectivity index (χ4v) is 1.72. The first kappa shape index (κ1) is 15.9. The highest BCUT2D eigenvalue weighted by Crippen LogP contribution is 2.27. The molecule has 0 aliphatic heterocycles. The van der Waals surface area contributed by atoms with Crippen molar-refractivity contribution in [2.75, 3.05) is 5.32 Å². The van der Waals surface area contributed by atoms with Gasteiger partial charge in [0.15, 0.2) is 23.3 Å². The molecule has 0 atom stereocenters. The first-order chi connectivity index (χ1) is 10.3. The summed E-state index contributed by atoms with van der Waals surface area (Å²) in [7, 11) is 0. The lowest BCUT2D eigenvalue weighted by Crippen LogP contribution is -2.18. The van der Waals surface area contributed by atoms with Crippen molar-refractivity contribution in [2.45, 2.75) is 19.9 Å². The van der Waals surface area contributed by atoms with Crippen LogP contribution < -0.4 is 5.32 Å². The number of rotatable bonds is 4. The van der Waals surface area contributed by atoms with Gasteiger partial charge in [-0.2, -0.15) is 5.10 Å². The van der Waals surface area contributed by atoms with Gasteiger partial charge in [0.2, 0.25) is 11.7 Å². The highest BCUT2D eigenvalue weighted by Gasteiger charge is 2.26. The Labute approximate surface area is 121 Å². The molecular weight excluding hydrogens is 309 g/mol. The van der Waals surface area contributed by atoms with E-state index in [2.05, 4.69) is 5.10 Å². The number of nitrogens with one attached hydrogen (secondary N) is 1. The number of carbonyl (C=O) groups is 1. The van der Waals surface area contributed by atoms with Gasteiger partial charge in [-0.1, -0.05) is 0 Å². The van der Waals surface area contributed by atoms with Gasteiger partial charge in [0.05, 0.1) is 5.69 Å². The van der Waals surface area contributed by atoms with Crippen molar-refractivity contribution >= 4 is 11.6 Å². The molecule has 1 heterocycles. The summed E-state index contributed by atoms with van der Waals surface area (Å²) in [6, 6.07) is 1.68. The van der Waals surface area contributed by atoms with Gasteiger partial charge in [-0.15, -0.1) is 0 Å². The Morgan fingerprint density at radius 3 is 2.14 bits per heavy atom. The van der Waals surface area contributed by atoms with Gasteiger partial charge in [0.25, 0.3) is 0 Å². The van der Waals surface area contributed by atoms with E-state index in [4.69, 9.17) is 0 Å². The van der Waals surface area contributed by atoms with Gasteiger partial charge < -0.3 is 5.32 Å². The van der Waals surface area contributed by atoms with Crippen LogP contribution in [0.4, 0.5) is 27.6 Å². The van der Waals surface area contributed by atoms with Crippen molar-refractivity contribution in [2.24, 2.45) is 0 Å². The fraction of sp³-hybridized carbons (Fsp3) is 0.231. The van der Waals surface area contributed by atoms with Gasteiger partial charge >= 0.3 is 0 Å². The molecule has 0 fully saturated rings. The highest BCUT2D eigenvalue weighted by atomic mass is 19.2. The normalized spacial score (nSPS) is 10.8. The third-order valence-electron chi connectivity index (χ3n) is 2.82. The molecule has 0 saturated heterocycles. The molecule has 9 heteroatoms. The third-order valence-corrected chi connectivity index (χ3v) is 2.82. The Hall–Kier alpha value is -2.45. The van der Waals surface area contributed by atoms with E-state index in [1.54, 1.807) is 24.5 Å². The van der Waals surface area contributed by atoms with Crippen LogP contribution in [0.15, 0.2) is 12.3 Å². The predicted molar refractivity (Wildman–Crippen MR) is 66.4 cm³/mol. The Bertz CT molecular complexity index is 700. The van der Waals surface area contributed by atoms with E-state index < -0.39 is 40.7 Å². The number of amides is 1. The zero-order valence-corrected chi connectivity index (χ0v) is 11.3. The molecule has 118 valence electrons. The molecule has 0 aliphatic carbocycles. The van der Waals surface area contributed by atoms with Crippen molar-refractivity contribution in [1.82, 2.24) is 9.78 Å². The number of anilines is 1. The van der Waals surface area contributed by atoms with Crippen molar-refractivity contribution in [3.8, 4) is 0 Å². The fourth-order valence-electron chi connectivity index (χ4n) is 1.72. The maximum Gasteiger partial charge on any atom is 0.226 e. The number of aromatic nitrogens is 2. The van der Waals surface area contributed by atoms with Crippen molar-refractivity contribution in [3.63, 3.8) is 0 Å². The maximum absolute atomic E-state index is 13.4. The summed E-state index contributed by atoms with van der Waals surface area (Å²) in [5.41, 5.74) is -0.654. The molecule has 0 aliphatic rings. The second kappa shape index (κ2) is 6.12. The third kappa shape index (κ3) is 3.07. The summed E-state index contributed by atoms with van der Waals surface area (Å²) in [6.07, 6.45) is 1.33. The van der Waals surface area contributed by atoms with Crippen LogP contribution in [0, 0.1) is 36.0 Å². The summed E-state index contributed by atoms with van der Waals surface area (Å²) in [6.45, 7) is 1.82. The average molecular weight is 319 g/mol. The SMILES string of the molecule is Cc1ccn(CCC(=O)Nc2c(F)c(F)c(F)c(F)c2F)n1. The van der Waals surface area contributed by atoms with Gasteiger partial charge in [-0.05, 0) is 13.0 Å². The molecule has 1 aromatic carbocycles. The smallest absolute Gasteiger partial charge is 0.226 e. The molecule has 2 aromatic rings. The summed E-state index contributed by atoms with van der Waals surface area (Å²) in [4.78, 5) is 11.6. The molecule has 1 aromatic heterocycles. The van der Waals surface area contributed by atoms with Crippen molar-refractivity contribution < 1.29 is 26.7 Å². The Kier molecular flexibility index (Phi) is 4.43. The molecule has 2 rings (SSSR count). The van der Waals surface area contributed by atoms with Crippen LogP contribution in [0.5, 0.6) is 0 Å². The minimum absolute atomic E-state index is 0.0923. The van der Waals surface area contributed by atoms with Crippen LogP contribution in [-0.2, 0) is 11.3 Å². The van der Waals surface area contributed by atoms with E-state index in [0.29, 0.717) is 5.69 Å². The molecule has 0 bridgehead atoms. The van der Waals surface area contributed by atoms with E-state index >= 15 is 0 Å². The van der Waals surface area contributed by atoms with Crippen molar-refractivity contribution in [1.29, 1.82) is 0 Å². The summed E-state index contributed by atoms with van der Waals surface area (Å²) in [5, 5.41) is 5.67. The number of aryl methyl sites for hydroxylation is 2. The lowest BCUT2D eigenvalue weighted by atomic mass is 10.2. The summed E-state index contributed by atoms with van der Waals surface area (Å²) >= 11 is 0. The number of hydrogen-bond donors (Lipinski definition) is 1. The minimum atomic E-state index is -2.28. The monoisotopic (exact) mass is 319 g/mol. The van der Waals surface area contributed by atoms with Gasteiger partial charge in [-0.3, -0.25) is 9.48 Å². The molecule has 0 spiro atoms. The van der Waals surface area contributed by atoms with Crippen molar-refractivity contribution in [3.05, 3.63) is 47.0 Å². The maximum atomic E-state index is 13.4. The second-order valence-corrected chi connectivity index (χ2v) is 4.46. The van der Waals surface area contributed by atoms with Crippen LogP contribution >= 0.6 is 0 Å². The van der Waals surface area contributed by atoms with Gasteiger partial charge in [0.1, 0.15) is 5.69 Å². The van der Waals surface area contributed by atoms with Crippen LogP contribution in [0.2, 0.25) is 0 Å². The molecule has 0 saturated carbocycles. The largest absolute Gasteiger partial charge is 0.321 e. The van der Waals surface area contributed by atoms with Gasteiger partial charge in [0, 0.05) is 19.2 Å². The Morgan fingerprint density at radius 1 is 1.09 bits per heavy atom. The van der Waals surface area contributed by atoms with E-state index in [9.17, 15) is 26.7 Å². The van der Waals surface area contributed by atoms with E-state index in [-0.39, 0.29) is 13.0 Å². The first-order valence-corrected chi connectivity index (χ1v) is 6.12. The molecule has 0 unspecified atom stereocenters. The topological polar surface area (TPSA) is 46.9 Å². The quantitative estimate of drug-likeness (QED) is 0.535. The molecule has 22 heavy (non-hydrogen) atoms. The predicted octanol–water partition coefficient (Wildman–Crippen LogP) is 2.92. The highest BCUT2D eigenvalue weighted by molar-refractivity contribution is 5.90. The molecule has 4 nitrogen and oxygen atoms in total. The average Bonchev–Trinajstić information content (AvgIpc) is 2.91. The number of nitrogens with zero attached hydrogens (tertiary/aromatic N) is 2. The number of benzene rings is 1. The standard InChI is InChI=1S/C13H10F5N3O/c1-6-2-4-21(20-6)5-3-7(22)19-13-11(17)9(15)8(14)10(16)12(13)18/h2,4H,3,5H2,1H3,(H,19,22). The second-order valence-electron chi connectivity index (χ2n) is 4.46. The molecule has 0 radical (unpaired) electrons. The molecule has 1 N–H and O–H groups in total. The van der Waals surface area contributed by atoms with Crippen LogP contribution in [0.25, 0.3) is 0 Å². The van der Waals surface area contributed by atoms with Crippen LogP contribution in [0.1, 0.15) is 12.1 Å². The van der Waals surface area contributed by atoms with E-state index in [1.165, 1.54) is 4.68 Å². The first-order valence-electron chi connectivity index (χ1n) is 6.12. The zero-order valence-electron chi connectivity index (χ0n) is 11.3. The van der Waals surface area contributed by atoms with Gasteiger partial charge in [-0.25, -0.2) is 22.0 Å².